The average molecular weight is 623 g/mol. The van der Waals surface area contributed by atoms with Gasteiger partial charge >= 0.3 is 6.16 Å². The zero-order valence-corrected chi connectivity index (χ0v) is 26.1. The Kier molecular flexibility index (Phi) is 6.31. The lowest BCUT2D eigenvalue weighted by Crippen LogP contribution is -2.76. The number of carbonyl (C=O) groups is 2. The van der Waals surface area contributed by atoms with Crippen molar-refractivity contribution in [3.05, 3.63) is 58.1 Å². The van der Waals surface area contributed by atoms with Crippen LogP contribution in [0.4, 0.5) is 4.79 Å². The summed E-state index contributed by atoms with van der Waals surface area (Å²) in [6.45, 7) is 7.96. The van der Waals surface area contributed by atoms with Gasteiger partial charge < -0.3 is 29.4 Å². The van der Waals surface area contributed by atoms with Crippen LogP contribution in [0.15, 0.2) is 36.4 Å². The van der Waals surface area contributed by atoms with Gasteiger partial charge in [0.05, 0.1) is 23.7 Å². The number of nitrogens with zero attached hydrogens (tertiary/aromatic N) is 1. The fraction of sp³-hybridized carbons (Fsp3) is 0.588. The quantitative estimate of drug-likeness (QED) is 0.365. The third-order valence-electron chi connectivity index (χ3n) is 11.0. The Morgan fingerprint density at radius 2 is 2.02 bits per heavy atom. The largest absolute Gasteiger partial charge is 0.516 e. The van der Waals surface area contributed by atoms with Crippen LogP contribution in [-0.4, -0.2) is 71.0 Å². The Bertz CT molecular complexity index is 1560. The van der Waals surface area contributed by atoms with Crippen LogP contribution in [0.3, 0.4) is 0 Å². The van der Waals surface area contributed by atoms with Gasteiger partial charge in [0.2, 0.25) is 0 Å². The Morgan fingerprint density at radius 1 is 1.20 bits per heavy atom. The van der Waals surface area contributed by atoms with Gasteiger partial charge in [0.25, 0.3) is 5.79 Å². The van der Waals surface area contributed by atoms with Gasteiger partial charge in [-0.1, -0.05) is 29.8 Å². The van der Waals surface area contributed by atoms with E-state index in [0.717, 1.165) is 24.2 Å². The molecule has 10 heteroatoms. The number of aliphatic hydroxyl groups is 1. The molecule has 8 rings (SSSR count). The number of hydrogen-bond donors (Lipinski definition) is 2. The Balaban J connectivity index is 1.14. The fourth-order valence-electron chi connectivity index (χ4n) is 8.92. The van der Waals surface area contributed by atoms with Crippen molar-refractivity contribution in [2.45, 2.75) is 99.8 Å². The smallest absolute Gasteiger partial charge is 0.477 e. The predicted molar refractivity (Wildman–Crippen MR) is 161 cm³/mol. The van der Waals surface area contributed by atoms with Crippen LogP contribution in [0, 0.1) is 5.92 Å². The Morgan fingerprint density at radius 3 is 2.77 bits per heavy atom. The molecule has 2 saturated carbocycles. The lowest BCUT2D eigenvalue weighted by atomic mass is 9.49. The summed E-state index contributed by atoms with van der Waals surface area (Å²) in [5, 5.41) is 16.5. The van der Waals surface area contributed by atoms with Crippen molar-refractivity contribution in [3.8, 4) is 11.5 Å². The van der Waals surface area contributed by atoms with Crippen molar-refractivity contribution >= 4 is 23.5 Å². The maximum Gasteiger partial charge on any atom is 0.516 e. The third-order valence-corrected chi connectivity index (χ3v) is 11.3. The number of halogens is 1. The van der Waals surface area contributed by atoms with Crippen LogP contribution in [-0.2, 0) is 31.9 Å². The number of nitrogens with one attached hydrogen (secondary N) is 1. The van der Waals surface area contributed by atoms with Crippen molar-refractivity contribution < 1.29 is 33.6 Å². The van der Waals surface area contributed by atoms with Gasteiger partial charge in [-0.25, -0.2) is 4.79 Å². The number of hydrogen-bond acceptors (Lipinski definition) is 9. The molecule has 3 aliphatic heterocycles. The minimum absolute atomic E-state index is 0.0142. The van der Waals surface area contributed by atoms with Crippen LogP contribution in [0.1, 0.15) is 69.6 Å². The maximum atomic E-state index is 13.7. The number of likely N-dealkylation sites (tertiary alicyclic amines) is 1. The molecule has 0 amide bonds. The van der Waals surface area contributed by atoms with E-state index >= 15 is 0 Å². The van der Waals surface area contributed by atoms with Crippen LogP contribution in [0.25, 0.3) is 0 Å². The summed E-state index contributed by atoms with van der Waals surface area (Å²) < 4.78 is 24.8. The van der Waals surface area contributed by atoms with E-state index in [2.05, 4.69) is 10.2 Å². The van der Waals surface area contributed by atoms with E-state index in [1.54, 1.807) is 30.3 Å². The molecule has 6 aliphatic rings. The summed E-state index contributed by atoms with van der Waals surface area (Å²) in [5.74, 6) is -0.290. The SMILES string of the molecule is CC1NC(C)(C)COC1(OC(=O)Oc1ccc2c3c1O[C@H]1C(=O)CC[C@@]4(O)[C@@H](C2)N(CC2CC2)CC[C@]314)c1cccc(Cl)c1. The topological polar surface area (TPSA) is 107 Å². The first-order chi connectivity index (χ1) is 21.0. The molecule has 4 fully saturated rings. The molecule has 2 unspecified atom stereocenters. The van der Waals surface area contributed by atoms with Gasteiger partial charge in [0, 0.05) is 40.7 Å². The second-order valence-electron chi connectivity index (χ2n) is 14.4. The second kappa shape index (κ2) is 9.66. The van der Waals surface area contributed by atoms with Gasteiger partial charge in [-0.05, 0) is 89.1 Å². The summed E-state index contributed by atoms with van der Waals surface area (Å²) in [6, 6.07) is 10.2. The van der Waals surface area contributed by atoms with Gasteiger partial charge in [0.1, 0.15) is 0 Å². The van der Waals surface area contributed by atoms with E-state index in [9.17, 15) is 14.7 Å². The number of ether oxygens (including phenoxy) is 4. The molecule has 234 valence electrons. The van der Waals surface area contributed by atoms with Gasteiger partial charge in [-0.2, -0.15) is 0 Å². The lowest BCUT2D eigenvalue weighted by molar-refractivity contribution is -0.265. The molecule has 1 spiro atoms. The van der Waals surface area contributed by atoms with E-state index in [4.69, 9.17) is 30.5 Å². The molecule has 2 saturated heterocycles. The zero-order chi connectivity index (χ0) is 30.6. The van der Waals surface area contributed by atoms with E-state index in [1.807, 2.05) is 26.8 Å². The molecule has 0 aromatic heterocycles. The molecule has 2 N–H and O–H groups in total. The fourth-order valence-corrected chi connectivity index (χ4v) is 9.11. The standard InChI is InChI=1S/C34H39ClN2O7/c1-19-34(41-18-31(2,3)36-19,22-5-4-6-23(35)16-22)44-30(39)42-25-10-9-21-15-26-33(40)12-11-24(38)29-32(33,27(21)28(25)43-29)13-14-37(26)17-20-7-8-20/h4-6,9-10,16,19-20,26,29,36,40H,7-8,11-15,17-18H2,1-3H3/t19?,26-,29+,32+,33-,34?/m1/s1. The first kappa shape index (κ1) is 28.8. The molecule has 0 radical (unpaired) electrons. The molecular weight excluding hydrogens is 584 g/mol. The summed E-state index contributed by atoms with van der Waals surface area (Å²) in [5.41, 5.74) is 0.125. The van der Waals surface area contributed by atoms with Crippen molar-refractivity contribution in [1.29, 1.82) is 0 Å². The Hall–Kier alpha value is -2.69. The van der Waals surface area contributed by atoms with E-state index in [1.165, 1.54) is 12.8 Å². The molecule has 2 aromatic carbocycles. The summed E-state index contributed by atoms with van der Waals surface area (Å²) in [7, 11) is 0. The maximum absolute atomic E-state index is 13.7. The summed E-state index contributed by atoms with van der Waals surface area (Å²) >= 11 is 6.34. The molecule has 2 bridgehead atoms. The lowest BCUT2D eigenvalue weighted by Gasteiger charge is -2.62. The zero-order valence-electron chi connectivity index (χ0n) is 25.4. The molecule has 44 heavy (non-hydrogen) atoms. The highest BCUT2D eigenvalue weighted by Gasteiger charge is 2.73. The monoisotopic (exact) mass is 622 g/mol. The summed E-state index contributed by atoms with van der Waals surface area (Å²) in [6.07, 6.45) is 2.64. The number of carbonyl (C=O) groups excluding carboxylic acids is 2. The number of morpholine rings is 1. The highest BCUT2D eigenvalue weighted by Crippen LogP contribution is 2.65. The van der Waals surface area contributed by atoms with Crippen LogP contribution < -0.4 is 14.8 Å². The van der Waals surface area contributed by atoms with E-state index < -0.39 is 35.1 Å². The van der Waals surface area contributed by atoms with Crippen LogP contribution in [0.2, 0.25) is 5.02 Å². The average Bonchev–Trinajstić information content (AvgIpc) is 3.71. The number of rotatable bonds is 5. The molecule has 3 heterocycles. The molecule has 2 aromatic rings. The van der Waals surface area contributed by atoms with Crippen LogP contribution in [0.5, 0.6) is 11.5 Å². The number of piperidine rings is 1. The number of benzene rings is 2. The van der Waals surface area contributed by atoms with Crippen LogP contribution >= 0.6 is 11.6 Å². The summed E-state index contributed by atoms with van der Waals surface area (Å²) in [4.78, 5) is 29.5. The first-order valence-electron chi connectivity index (χ1n) is 15.9. The van der Waals surface area contributed by atoms with Gasteiger partial charge in [0.15, 0.2) is 23.4 Å². The highest BCUT2D eigenvalue weighted by atomic mass is 35.5. The molecule has 3 aliphatic carbocycles. The van der Waals surface area contributed by atoms with Crippen molar-refractivity contribution in [2.75, 3.05) is 19.7 Å². The second-order valence-corrected chi connectivity index (χ2v) is 14.8. The predicted octanol–water partition coefficient (Wildman–Crippen LogP) is 4.63. The minimum atomic E-state index is -1.50. The molecular formula is C34H39ClN2O7. The van der Waals surface area contributed by atoms with Crippen molar-refractivity contribution in [1.82, 2.24) is 10.2 Å². The van der Waals surface area contributed by atoms with Gasteiger partial charge in [-0.15, -0.1) is 0 Å². The van der Waals surface area contributed by atoms with Crippen molar-refractivity contribution in [3.63, 3.8) is 0 Å². The van der Waals surface area contributed by atoms with Gasteiger partial charge in [-0.3, -0.25) is 9.69 Å². The first-order valence-corrected chi connectivity index (χ1v) is 16.2. The highest BCUT2D eigenvalue weighted by molar-refractivity contribution is 6.30. The molecule has 9 nitrogen and oxygen atoms in total. The third kappa shape index (κ3) is 4.05. The number of ketones is 1. The minimum Gasteiger partial charge on any atom is -0.477 e. The number of Topliss-reactive ketones (excluding diaryl/α,β-unsaturated/α-hetero) is 1. The van der Waals surface area contributed by atoms with E-state index in [-0.39, 0.29) is 36.1 Å². The molecule has 6 atom stereocenters. The van der Waals surface area contributed by atoms with E-state index in [0.29, 0.717) is 41.5 Å². The normalized spacial score (nSPS) is 36.8. The van der Waals surface area contributed by atoms with Crippen molar-refractivity contribution in [2.24, 2.45) is 5.92 Å². The Labute approximate surface area is 262 Å².